The van der Waals surface area contributed by atoms with Gasteiger partial charge < -0.3 is 10.4 Å². The first-order chi connectivity index (χ1) is 7.04. The lowest BCUT2D eigenvalue weighted by Gasteiger charge is -2.24. The standard InChI is InChI=1S/C11H19NO3/c1-3-7(2)10(14)6-12-11(15)8-4-9(13)5-8/h7-8,10,14H,3-6H2,1-2H3,(H,12,15). The van der Waals surface area contributed by atoms with Crippen LogP contribution in [-0.2, 0) is 9.59 Å². The third-order valence-electron chi connectivity index (χ3n) is 3.11. The topological polar surface area (TPSA) is 66.4 Å². The van der Waals surface area contributed by atoms with E-state index in [0.29, 0.717) is 19.4 Å². The molecule has 0 spiro atoms. The summed E-state index contributed by atoms with van der Waals surface area (Å²) < 4.78 is 0. The van der Waals surface area contributed by atoms with Gasteiger partial charge in [-0.1, -0.05) is 20.3 Å². The minimum absolute atomic E-state index is 0.100. The van der Waals surface area contributed by atoms with Crippen LogP contribution >= 0.6 is 0 Å². The monoisotopic (exact) mass is 213 g/mol. The van der Waals surface area contributed by atoms with Gasteiger partial charge >= 0.3 is 0 Å². The molecule has 1 fully saturated rings. The van der Waals surface area contributed by atoms with E-state index in [2.05, 4.69) is 5.32 Å². The van der Waals surface area contributed by atoms with Crippen molar-refractivity contribution in [1.29, 1.82) is 0 Å². The highest BCUT2D eigenvalue weighted by atomic mass is 16.3. The molecule has 1 saturated carbocycles. The molecule has 1 aliphatic rings. The van der Waals surface area contributed by atoms with Gasteiger partial charge in [-0.25, -0.2) is 0 Å². The Labute approximate surface area is 90.0 Å². The van der Waals surface area contributed by atoms with Crippen molar-refractivity contribution in [2.75, 3.05) is 6.54 Å². The maximum absolute atomic E-state index is 11.4. The molecule has 1 amide bonds. The Balaban J connectivity index is 2.19. The van der Waals surface area contributed by atoms with Crippen LogP contribution in [0.2, 0.25) is 0 Å². The lowest BCUT2D eigenvalue weighted by atomic mass is 9.83. The fourth-order valence-electron chi connectivity index (χ4n) is 1.50. The van der Waals surface area contributed by atoms with Crippen molar-refractivity contribution < 1.29 is 14.7 Å². The number of aliphatic hydroxyl groups is 1. The molecule has 0 aliphatic heterocycles. The second-order valence-electron chi connectivity index (χ2n) is 4.34. The van der Waals surface area contributed by atoms with E-state index in [1.807, 2.05) is 13.8 Å². The van der Waals surface area contributed by atoms with E-state index >= 15 is 0 Å². The highest BCUT2D eigenvalue weighted by Gasteiger charge is 2.32. The molecule has 0 saturated heterocycles. The molecule has 2 atom stereocenters. The Morgan fingerprint density at radius 2 is 2.20 bits per heavy atom. The number of hydrogen-bond donors (Lipinski definition) is 2. The summed E-state index contributed by atoms with van der Waals surface area (Å²) in [6, 6.07) is 0. The summed E-state index contributed by atoms with van der Waals surface area (Å²) in [4.78, 5) is 22.1. The van der Waals surface area contributed by atoms with E-state index in [1.54, 1.807) is 0 Å². The first-order valence-electron chi connectivity index (χ1n) is 5.52. The van der Waals surface area contributed by atoms with E-state index in [-0.39, 0.29) is 23.5 Å². The van der Waals surface area contributed by atoms with Gasteiger partial charge in [-0.3, -0.25) is 9.59 Å². The summed E-state index contributed by atoms with van der Waals surface area (Å²) in [5, 5.41) is 12.3. The zero-order valence-corrected chi connectivity index (χ0v) is 9.32. The summed E-state index contributed by atoms with van der Waals surface area (Å²) >= 11 is 0. The van der Waals surface area contributed by atoms with Crippen molar-refractivity contribution in [3.05, 3.63) is 0 Å². The third kappa shape index (κ3) is 3.30. The van der Waals surface area contributed by atoms with E-state index in [0.717, 1.165) is 6.42 Å². The molecular weight excluding hydrogens is 194 g/mol. The van der Waals surface area contributed by atoms with Gasteiger partial charge in [-0.15, -0.1) is 0 Å². The highest BCUT2D eigenvalue weighted by molar-refractivity contribution is 5.96. The second-order valence-corrected chi connectivity index (χ2v) is 4.34. The van der Waals surface area contributed by atoms with Gasteiger partial charge in [-0.2, -0.15) is 0 Å². The lowest BCUT2D eigenvalue weighted by molar-refractivity contribution is -0.138. The summed E-state index contributed by atoms with van der Waals surface area (Å²) in [5.41, 5.74) is 0. The molecule has 4 heteroatoms. The van der Waals surface area contributed by atoms with Crippen molar-refractivity contribution in [2.24, 2.45) is 11.8 Å². The van der Waals surface area contributed by atoms with Crippen molar-refractivity contribution in [3.63, 3.8) is 0 Å². The average Bonchev–Trinajstić information content (AvgIpc) is 2.19. The SMILES string of the molecule is CCC(C)C(O)CNC(=O)C1CC(=O)C1. The maximum Gasteiger partial charge on any atom is 0.224 e. The third-order valence-corrected chi connectivity index (χ3v) is 3.11. The molecule has 86 valence electrons. The Morgan fingerprint density at radius 3 is 2.67 bits per heavy atom. The number of rotatable bonds is 5. The molecule has 1 aliphatic carbocycles. The van der Waals surface area contributed by atoms with Crippen molar-refractivity contribution >= 4 is 11.7 Å². The largest absolute Gasteiger partial charge is 0.391 e. The Hall–Kier alpha value is -0.900. The Morgan fingerprint density at radius 1 is 1.60 bits per heavy atom. The number of amides is 1. The molecule has 1 rings (SSSR count). The molecule has 0 aromatic rings. The van der Waals surface area contributed by atoms with Crippen molar-refractivity contribution in [3.8, 4) is 0 Å². The number of Topliss-reactive ketones (excluding diaryl/α,β-unsaturated/α-hetero) is 1. The van der Waals surface area contributed by atoms with E-state index in [1.165, 1.54) is 0 Å². The predicted molar refractivity (Wildman–Crippen MR) is 56.2 cm³/mol. The zero-order valence-electron chi connectivity index (χ0n) is 9.32. The smallest absolute Gasteiger partial charge is 0.224 e. The van der Waals surface area contributed by atoms with E-state index < -0.39 is 6.10 Å². The first-order valence-corrected chi connectivity index (χ1v) is 5.52. The fraction of sp³-hybridized carbons (Fsp3) is 0.818. The molecular formula is C11H19NO3. The minimum atomic E-state index is -0.491. The van der Waals surface area contributed by atoms with Gasteiger partial charge in [0, 0.05) is 19.4 Å². The zero-order chi connectivity index (χ0) is 11.4. The molecule has 0 aromatic carbocycles. The van der Waals surface area contributed by atoms with Crippen molar-refractivity contribution in [2.45, 2.75) is 39.2 Å². The molecule has 0 aromatic heterocycles. The van der Waals surface area contributed by atoms with Crippen LogP contribution in [0.25, 0.3) is 0 Å². The maximum atomic E-state index is 11.4. The molecule has 0 radical (unpaired) electrons. The van der Waals surface area contributed by atoms with Gasteiger partial charge in [-0.05, 0) is 5.92 Å². The predicted octanol–water partition coefficient (Wildman–Crippen LogP) is 0.489. The van der Waals surface area contributed by atoms with Crippen LogP contribution in [0.15, 0.2) is 0 Å². The van der Waals surface area contributed by atoms with Crippen LogP contribution in [0, 0.1) is 11.8 Å². The second kappa shape index (κ2) is 5.26. The number of ketones is 1. The van der Waals surface area contributed by atoms with Gasteiger partial charge in [0.25, 0.3) is 0 Å². The Bertz CT molecular complexity index is 244. The molecule has 4 nitrogen and oxygen atoms in total. The van der Waals surface area contributed by atoms with Crippen molar-refractivity contribution in [1.82, 2.24) is 5.32 Å². The number of carbonyl (C=O) groups is 2. The van der Waals surface area contributed by atoms with Gasteiger partial charge in [0.1, 0.15) is 5.78 Å². The molecule has 2 N–H and O–H groups in total. The quantitative estimate of drug-likeness (QED) is 0.698. The number of carbonyl (C=O) groups excluding carboxylic acids is 2. The lowest BCUT2D eigenvalue weighted by Crippen LogP contribution is -2.43. The summed E-state index contributed by atoms with van der Waals surface area (Å²) in [6.45, 7) is 4.24. The number of hydrogen-bond acceptors (Lipinski definition) is 3. The van der Waals surface area contributed by atoms with E-state index in [9.17, 15) is 14.7 Å². The molecule has 0 heterocycles. The summed E-state index contributed by atoms with van der Waals surface area (Å²) in [7, 11) is 0. The minimum Gasteiger partial charge on any atom is -0.391 e. The van der Waals surface area contributed by atoms with Crippen LogP contribution < -0.4 is 5.32 Å². The van der Waals surface area contributed by atoms with Crippen LogP contribution in [-0.4, -0.2) is 29.4 Å². The van der Waals surface area contributed by atoms with Crippen LogP contribution in [0.1, 0.15) is 33.1 Å². The van der Waals surface area contributed by atoms with Crippen LogP contribution in [0.5, 0.6) is 0 Å². The summed E-state index contributed by atoms with van der Waals surface area (Å²) in [5.74, 6) is 0.0875. The highest BCUT2D eigenvalue weighted by Crippen LogP contribution is 2.22. The van der Waals surface area contributed by atoms with Gasteiger partial charge in [0.2, 0.25) is 5.91 Å². The molecule has 15 heavy (non-hydrogen) atoms. The normalized spacial score (nSPS) is 20.6. The number of nitrogens with one attached hydrogen (secondary N) is 1. The fourth-order valence-corrected chi connectivity index (χ4v) is 1.50. The van der Waals surface area contributed by atoms with E-state index in [4.69, 9.17) is 0 Å². The first kappa shape index (κ1) is 12.2. The van der Waals surface area contributed by atoms with Gasteiger partial charge in [0.05, 0.1) is 12.0 Å². The molecule has 0 bridgehead atoms. The summed E-state index contributed by atoms with van der Waals surface area (Å²) in [6.07, 6.45) is 1.13. The number of aliphatic hydroxyl groups excluding tert-OH is 1. The molecule has 2 unspecified atom stereocenters. The van der Waals surface area contributed by atoms with Crippen LogP contribution in [0.4, 0.5) is 0 Å². The average molecular weight is 213 g/mol. The van der Waals surface area contributed by atoms with Gasteiger partial charge in [0.15, 0.2) is 0 Å². The van der Waals surface area contributed by atoms with Crippen LogP contribution in [0.3, 0.4) is 0 Å². The Kier molecular flexibility index (Phi) is 4.27.